The summed E-state index contributed by atoms with van der Waals surface area (Å²) in [4.78, 5) is 36.9. The molecule has 3 aromatic rings. The third kappa shape index (κ3) is 6.25. The first-order valence-corrected chi connectivity index (χ1v) is 13.3. The second-order valence-corrected chi connectivity index (χ2v) is 10.6. The van der Waals surface area contributed by atoms with Crippen LogP contribution in [0.5, 0.6) is 0 Å². The van der Waals surface area contributed by atoms with E-state index in [1.807, 2.05) is 54.6 Å². The standard InChI is InChI=1S/C26H28N4O6S/c31-24(29-22(25(32)33)17-28-26(34)27-16-18-7-2-1-3-8-18)23-11-6-14-30(23)37(35,36)21-13-12-19-9-4-5-10-20(19)15-21/h1-5,7-10,12-13,15,22-23H,6,11,14,16-17H2,(H,29,31)(H,32,33)(H2,27,28,34)/t22-,23-/m0/s1. The molecule has 0 aromatic heterocycles. The maximum atomic E-state index is 13.4. The van der Waals surface area contributed by atoms with Gasteiger partial charge >= 0.3 is 12.0 Å². The Morgan fingerprint density at radius 3 is 2.38 bits per heavy atom. The zero-order chi connectivity index (χ0) is 26.4. The number of carbonyl (C=O) groups excluding carboxylic acids is 2. The molecule has 3 amide bonds. The number of rotatable bonds is 9. The summed E-state index contributed by atoms with van der Waals surface area (Å²) in [6.45, 7) is 0.0252. The van der Waals surface area contributed by atoms with Crippen LogP contribution in [0.25, 0.3) is 10.8 Å². The fourth-order valence-electron chi connectivity index (χ4n) is 4.26. The maximum absolute atomic E-state index is 13.4. The summed E-state index contributed by atoms with van der Waals surface area (Å²) in [6.07, 6.45) is 0.721. The lowest BCUT2D eigenvalue weighted by atomic mass is 10.1. The molecule has 0 aliphatic carbocycles. The fourth-order valence-corrected chi connectivity index (χ4v) is 5.95. The Morgan fingerprint density at radius 2 is 1.65 bits per heavy atom. The number of nitrogens with one attached hydrogen (secondary N) is 3. The highest BCUT2D eigenvalue weighted by atomic mass is 32.2. The number of benzene rings is 3. The zero-order valence-corrected chi connectivity index (χ0v) is 20.8. The van der Waals surface area contributed by atoms with Crippen LogP contribution >= 0.6 is 0 Å². The first-order valence-electron chi connectivity index (χ1n) is 11.8. The lowest BCUT2D eigenvalue weighted by molar-refractivity contribution is -0.142. The SMILES string of the molecule is O=C(NCc1ccccc1)NC[C@H](NC(=O)[C@@H]1CCCN1S(=O)(=O)c1ccc2ccccc2c1)C(=O)O. The van der Waals surface area contributed by atoms with Gasteiger partial charge in [0.2, 0.25) is 15.9 Å². The van der Waals surface area contributed by atoms with Crippen molar-refractivity contribution in [2.24, 2.45) is 0 Å². The Balaban J connectivity index is 1.39. The number of hydrogen-bond acceptors (Lipinski definition) is 5. The normalized spacial score (nSPS) is 16.7. The molecule has 1 aliphatic heterocycles. The molecule has 1 heterocycles. The molecule has 0 radical (unpaired) electrons. The van der Waals surface area contributed by atoms with Crippen molar-refractivity contribution in [2.45, 2.75) is 36.4 Å². The van der Waals surface area contributed by atoms with Gasteiger partial charge in [0.15, 0.2) is 0 Å². The van der Waals surface area contributed by atoms with Crippen molar-refractivity contribution in [3.8, 4) is 0 Å². The van der Waals surface area contributed by atoms with Gasteiger partial charge in [0.1, 0.15) is 12.1 Å². The largest absolute Gasteiger partial charge is 0.480 e. The molecule has 4 rings (SSSR count). The lowest BCUT2D eigenvalue weighted by Crippen LogP contribution is -2.54. The summed E-state index contributed by atoms with van der Waals surface area (Å²) < 4.78 is 27.9. The summed E-state index contributed by atoms with van der Waals surface area (Å²) >= 11 is 0. The van der Waals surface area contributed by atoms with Crippen LogP contribution in [0.4, 0.5) is 4.79 Å². The molecule has 1 fully saturated rings. The molecule has 1 saturated heterocycles. The van der Waals surface area contributed by atoms with E-state index in [1.54, 1.807) is 12.1 Å². The average molecular weight is 525 g/mol. The van der Waals surface area contributed by atoms with Gasteiger partial charge in [0.25, 0.3) is 0 Å². The van der Waals surface area contributed by atoms with E-state index in [4.69, 9.17) is 0 Å². The van der Waals surface area contributed by atoms with Gasteiger partial charge in [-0.25, -0.2) is 18.0 Å². The van der Waals surface area contributed by atoms with Crippen LogP contribution in [0.2, 0.25) is 0 Å². The highest BCUT2D eigenvalue weighted by Gasteiger charge is 2.40. The van der Waals surface area contributed by atoms with Crippen LogP contribution in [0.1, 0.15) is 18.4 Å². The molecule has 0 saturated carbocycles. The van der Waals surface area contributed by atoms with Gasteiger partial charge in [-0.05, 0) is 41.3 Å². The van der Waals surface area contributed by atoms with Crippen molar-refractivity contribution in [1.82, 2.24) is 20.3 Å². The minimum Gasteiger partial charge on any atom is -0.480 e. The van der Waals surface area contributed by atoms with E-state index < -0.39 is 40.0 Å². The minimum atomic E-state index is -3.99. The molecule has 10 nitrogen and oxygen atoms in total. The van der Waals surface area contributed by atoms with Gasteiger partial charge in [-0.1, -0.05) is 60.7 Å². The van der Waals surface area contributed by atoms with Gasteiger partial charge in [-0.3, -0.25) is 4.79 Å². The number of carboxylic acids is 1. The minimum absolute atomic E-state index is 0.0671. The van der Waals surface area contributed by atoms with Crippen LogP contribution in [-0.2, 0) is 26.2 Å². The van der Waals surface area contributed by atoms with Gasteiger partial charge in [-0.2, -0.15) is 4.31 Å². The molecular weight excluding hydrogens is 496 g/mol. The molecule has 3 aromatic carbocycles. The van der Waals surface area contributed by atoms with Crippen molar-refractivity contribution < 1.29 is 27.9 Å². The first-order chi connectivity index (χ1) is 17.8. The van der Waals surface area contributed by atoms with Crippen molar-refractivity contribution in [3.63, 3.8) is 0 Å². The number of sulfonamides is 1. The Labute approximate surface area is 214 Å². The quantitative estimate of drug-likeness (QED) is 0.337. The van der Waals surface area contributed by atoms with Gasteiger partial charge in [0, 0.05) is 13.1 Å². The van der Waals surface area contributed by atoms with Crippen molar-refractivity contribution in [3.05, 3.63) is 78.4 Å². The zero-order valence-electron chi connectivity index (χ0n) is 20.0. The Kier molecular flexibility index (Phi) is 8.04. The van der Waals surface area contributed by atoms with E-state index in [0.29, 0.717) is 6.42 Å². The molecule has 4 N–H and O–H groups in total. The molecule has 1 aliphatic rings. The van der Waals surface area contributed by atoms with Crippen molar-refractivity contribution in [2.75, 3.05) is 13.1 Å². The topological polar surface area (TPSA) is 145 Å². The third-order valence-electron chi connectivity index (χ3n) is 6.21. The van der Waals surface area contributed by atoms with Crippen LogP contribution in [0.15, 0.2) is 77.7 Å². The second-order valence-electron chi connectivity index (χ2n) is 8.73. The second kappa shape index (κ2) is 11.4. The third-order valence-corrected chi connectivity index (χ3v) is 8.12. The summed E-state index contributed by atoms with van der Waals surface area (Å²) in [7, 11) is -3.99. The van der Waals surface area contributed by atoms with Crippen LogP contribution in [0, 0.1) is 0 Å². The van der Waals surface area contributed by atoms with E-state index in [-0.39, 0.29) is 31.0 Å². The fraction of sp³-hybridized carbons (Fsp3) is 0.269. The van der Waals surface area contributed by atoms with Gasteiger partial charge < -0.3 is 21.1 Å². The number of amides is 3. The highest BCUT2D eigenvalue weighted by Crippen LogP contribution is 2.28. The Bertz CT molecular complexity index is 1400. The highest BCUT2D eigenvalue weighted by molar-refractivity contribution is 7.89. The number of urea groups is 1. The van der Waals surface area contributed by atoms with E-state index in [2.05, 4.69) is 16.0 Å². The summed E-state index contributed by atoms with van der Waals surface area (Å²) in [5.41, 5.74) is 0.870. The number of carboxylic acid groups (broad SMARTS) is 1. The predicted octanol–water partition coefficient (Wildman–Crippen LogP) is 2.06. The van der Waals surface area contributed by atoms with Crippen LogP contribution in [0.3, 0.4) is 0 Å². The van der Waals surface area contributed by atoms with Crippen LogP contribution < -0.4 is 16.0 Å². The van der Waals surface area contributed by atoms with E-state index in [1.165, 1.54) is 6.07 Å². The van der Waals surface area contributed by atoms with E-state index in [0.717, 1.165) is 20.6 Å². The molecule has 0 bridgehead atoms. The maximum Gasteiger partial charge on any atom is 0.328 e. The van der Waals surface area contributed by atoms with E-state index >= 15 is 0 Å². The summed E-state index contributed by atoms with van der Waals surface area (Å²) in [5, 5.41) is 18.7. The molecular formula is C26H28N4O6S. The van der Waals surface area contributed by atoms with Gasteiger partial charge in [-0.15, -0.1) is 0 Å². The average Bonchev–Trinajstić information content (AvgIpc) is 3.41. The number of hydrogen-bond donors (Lipinski definition) is 4. The Hall–Kier alpha value is -3.96. The molecule has 194 valence electrons. The molecule has 37 heavy (non-hydrogen) atoms. The van der Waals surface area contributed by atoms with Crippen molar-refractivity contribution >= 4 is 38.7 Å². The number of carbonyl (C=O) groups is 3. The molecule has 0 unspecified atom stereocenters. The molecule has 0 spiro atoms. The van der Waals surface area contributed by atoms with E-state index in [9.17, 15) is 27.9 Å². The van der Waals surface area contributed by atoms with Crippen molar-refractivity contribution in [1.29, 1.82) is 0 Å². The predicted molar refractivity (Wildman–Crippen MR) is 137 cm³/mol. The Morgan fingerprint density at radius 1 is 0.946 bits per heavy atom. The smallest absolute Gasteiger partial charge is 0.328 e. The number of aliphatic carboxylic acids is 1. The molecule has 2 atom stereocenters. The lowest BCUT2D eigenvalue weighted by Gasteiger charge is -2.25. The monoisotopic (exact) mass is 524 g/mol. The molecule has 11 heteroatoms. The summed E-state index contributed by atoms with van der Waals surface area (Å²) in [5.74, 6) is -2.07. The summed E-state index contributed by atoms with van der Waals surface area (Å²) in [6, 6.07) is 18.2. The number of fused-ring (bicyclic) bond motifs is 1. The first kappa shape index (κ1) is 26.1. The van der Waals surface area contributed by atoms with Gasteiger partial charge in [0.05, 0.1) is 11.4 Å². The van der Waals surface area contributed by atoms with Crippen LogP contribution in [-0.4, -0.2) is 60.9 Å². The number of nitrogens with zero attached hydrogens (tertiary/aromatic N) is 1.